The van der Waals surface area contributed by atoms with E-state index in [1.165, 1.54) is 55.9 Å². The molecular weight excluding hydrogens is 400 g/mol. The Morgan fingerprint density at radius 2 is 1.15 bits per heavy atom. The van der Waals surface area contributed by atoms with Crippen molar-refractivity contribution in [1.82, 2.24) is 4.90 Å². The third-order valence-electron chi connectivity index (χ3n) is 6.69. The zero-order valence-electron chi connectivity index (χ0n) is 20.0. The van der Waals surface area contributed by atoms with E-state index in [1.807, 2.05) is 0 Å². The monoisotopic (exact) mass is 431 g/mol. The largest absolute Gasteiger partial charge is 0.280 e. The van der Waals surface area contributed by atoms with Crippen LogP contribution in [0.15, 0.2) is 91.0 Å². The van der Waals surface area contributed by atoms with Gasteiger partial charge in [0.15, 0.2) is 0 Å². The van der Waals surface area contributed by atoms with Crippen LogP contribution in [0, 0.1) is 13.8 Å². The molecule has 0 spiro atoms. The summed E-state index contributed by atoms with van der Waals surface area (Å²) in [6, 6.07) is 33.4. The molecule has 0 saturated carbocycles. The van der Waals surface area contributed by atoms with Crippen molar-refractivity contribution in [3.63, 3.8) is 0 Å². The van der Waals surface area contributed by atoms with Crippen LogP contribution in [0.2, 0.25) is 0 Å². The van der Waals surface area contributed by atoms with Gasteiger partial charge < -0.3 is 0 Å². The molecular formula is C31H31N2+. The molecule has 5 rings (SSSR count). The van der Waals surface area contributed by atoms with Crippen molar-refractivity contribution in [2.75, 3.05) is 27.2 Å². The van der Waals surface area contributed by atoms with Crippen LogP contribution < -0.4 is 0 Å². The Morgan fingerprint density at radius 1 is 0.636 bits per heavy atom. The number of hydrogen-bond acceptors (Lipinski definition) is 1. The minimum absolute atomic E-state index is 1.03. The molecule has 2 nitrogen and oxygen atoms in total. The van der Waals surface area contributed by atoms with Gasteiger partial charge in [-0.3, -0.25) is 9.48 Å². The summed E-state index contributed by atoms with van der Waals surface area (Å²) in [5, 5.41) is 0. The highest BCUT2D eigenvalue weighted by atomic mass is 15.3. The molecule has 0 aromatic heterocycles. The molecule has 0 aliphatic carbocycles. The smallest absolute Gasteiger partial charge is 0.260 e. The van der Waals surface area contributed by atoms with Crippen molar-refractivity contribution in [2.24, 2.45) is 0 Å². The Labute approximate surface area is 197 Å². The number of nitrogens with zero attached hydrogens (tertiary/aromatic N) is 2. The molecule has 164 valence electrons. The minimum Gasteiger partial charge on any atom is -0.260 e. The fraction of sp³-hybridized carbons (Fsp3) is 0.194. The van der Waals surface area contributed by atoms with E-state index in [0.29, 0.717) is 0 Å². The van der Waals surface area contributed by atoms with E-state index in [9.17, 15) is 0 Å². The fourth-order valence-corrected chi connectivity index (χ4v) is 4.79. The predicted molar refractivity (Wildman–Crippen MR) is 140 cm³/mol. The van der Waals surface area contributed by atoms with Crippen molar-refractivity contribution in [3.8, 4) is 33.4 Å². The molecule has 1 aliphatic heterocycles. The second kappa shape index (κ2) is 8.71. The molecule has 1 heterocycles. The molecule has 0 radical (unpaired) electrons. The normalized spacial score (nSPS) is 13.6. The molecule has 33 heavy (non-hydrogen) atoms. The van der Waals surface area contributed by atoms with Crippen molar-refractivity contribution in [1.29, 1.82) is 0 Å². The second-order valence-corrected chi connectivity index (χ2v) is 9.21. The summed E-state index contributed by atoms with van der Waals surface area (Å²) < 4.78 is 2.40. The lowest BCUT2D eigenvalue weighted by Gasteiger charge is -2.19. The van der Waals surface area contributed by atoms with Crippen LogP contribution in [-0.4, -0.2) is 42.5 Å². The highest BCUT2D eigenvalue weighted by molar-refractivity contribution is 6.09. The number of hydrogen-bond donors (Lipinski definition) is 0. The summed E-state index contributed by atoms with van der Waals surface area (Å²) >= 11 is 0. The molecule has 0 unspecified atom stereocenters. The second-order valence-electron chi connectivity index (χ2n) is 9.21. The van der Waals surface area contributed by atoms with Gasteiger partial charge in [-0.25, -0.2) is 0 Å². The molecule has 4 aromatic carbocycles. The topological polar surface area (TPSA) is 6.25 Å². The number of aryl methyl sites for hydroxylation is 2. The first-order chi connectivity index (χ1) is 16.0. The van der Waals surface area contributed by atoms with E-state index in [4.69, 9.17) is 0 Å². The van der Waals surface area contributed by atoms with E-state index < -0.39 is 0 Å². The van der Waals surface area contributed by atoms with Crippen LogP contribution in [-0.2, 0) is 0 Å². The Morgan fingerprint density at radius 3 is 1.61 bits per heavy atom. The zero-order valence-corrected chi connectivity index (χ0v) is 20.0. The molecule has 1 aliphatic rings. The van der Waals surface area contributed by atoms with Gasteiger partial charge in [0.1, 0.15) is 13.1 Å². The van der Waals surface area contributed by atoms with Gasteiger partial charge in [-0.15, -0.1) is 0 Å². The van der Waals surface area contributed by atoms with E-state index >= 15 is 0 Å². The lowest BCUT2D eigenvalue weighted by atomic mass is 9.86. The van der Waals surface area contributed by atoms with Crippen molar-refractivity contribution >= 4 is 5.84 Å². The van der Waals surface area contributed by atoms with Crippen LogP contribution >= 0.6 is 0 Å². The van der Waals surface area contributed by atoms with E-state index in [1.54, 1.807) is 0 Å². The summed E-state index contributed by atoms with van der Waals surface area (Å²) in [4.78, 5) is 2.40. The number of rotatable bonds is 4. The lowest BCUT2D eigenvalue weighted by molar-refractivity contribution is -0.486. The van der Waals surface area contributed by atoms with E-state index in [-0.39, 0.29) is 0 Å². The average Bonchev–Trinajstić information content (AvgIpc) is 3.17. The molecule has 0 amide bonds. The highest BCUT2D eigenvalue weighted by Crippen LogP contribution is 2.39. The van der Waals surface area contributed by atoms with Crippen molar-refractivity contribution in [2.45, 2.75) is 13.8 Å². The van der Waals surface area contributed by atoms with Gasteiger partial charge in [0.05, 0.1) is 19.7 Å². The van der Waals surface area contributed by atoms with E-state index in [2.05, 4.69) is 128 Å². The van der Waals surface area contributed by atoms with Crippen LogP contribution in [0.1, 0.15) is 16.7 Å². The first-order valence-electron chi connectivity index (χ1n) is 11.7. The highest BCUT2D eigenvalue weighted by Gasteiger charge is 2.32. The van der Waals surface area contributed by atoms with E-state index in [0.717, 1.165) is 13.1 Å². The fourth-order valence-electron chi connectivity index (χ4n) is 4.79. The molecule has 0 bridgehead atoms. The maximum atomic E-state index is 2.40. The van der Waals surface area contributed by atoms with Gasteiger partial charge in [0.2, 0.25) is 0 Å². The third kappa shape index (κ3) is 4.09. The minimum atomic E-state index is 1.03. The number of benzene rings is 4. The molecule has 0 atom stereocenters. The van der Waals surface area contributed by atoms with Crippen LogP contribution in [0.3, 0.4) is 0 Å². The maximum Gasteiger partial charge on any atom is 0.280 e. The summed E-state index contributed by atoms with van der Waals surface area (Å²) in [6.07, 6.45) is 0. The Bertz CT molecular complexity index is 1250. The zero-order chi connectivity index (χ0) is 22.9. The molecule has 4 aromatic rings. The molecule has 0 N–H and O–H groups in total. The maximum absolute atomic E-state index is 2.40. The Balaban J connectivity index is 1.87. The third-order valence-corrected chi connectivity index (χ3v) is 6.69. The number of likely N-dealkylation sites (N-methyl/N-ethyl adjacent to an activating group) is 2. The first-order valence-corrected chi connectivity index (χ1v) is 11.7. The SMILES string of the molecule is Cc1ccc(-c2cc(-c3ccccc3)cc(-c3ccc(C)cc3)c2C2=[N+](C)CCN2C)cc1. The average molecular weight is 432 g/mol. The lowest BCUT2D eigenvalue weighted by Crippen LogP contribution is -2.27. The molecule has 0 fully saturated rings. The van der Waals surface area contributed by atoms with Crippen molar-refractivity contribution in [3.05, 3.63) is 108 Å². The summed E-state index contributed by atoms with van der Waals surface area (Å²) in [6.45, 7) is 6.37. The van der Waals surface area contributed by atoms with Crippen LogP contribution in [0.4, 0.5) is 0 Å². The molecule has 0 saturated heterocycles. The Hall–Kier alpha value is -3.65. The molecule has 2 heteroatoms. The summed E-state index contributed by atoms with van der Waals surface area (Å²) in [7, 11) is 4.42. The Kier molecular flexibility index (Phi) is 5.60. The van der Waals surface area contributed by atoms with Gasteiger partial charge in [0, 0.05) is 0 Å². The van der Waals surface area contributed by atoms with Crippen LogP contribution in [0.5, 0.6) is 0 Å². The van der Waals surface area contributed by atoms with Gasteiger partial charge in [0.25, 0.3) is 5.84 Å². The van der Waals surface area contributed by atoms with Crippen molar-refractivity contribution < 1.29 is 4.58 Å². The number of amidine groups is 1. The van der Waals surface area contributed by atoms with Crippen LogP contribution in [0.25, 0.3) is 33.4 Å². The summed E-state index contributed by atoms with van der Waals surface area (Å²) in [5.41, 5.74) is 11.4. The standard InChI is InChI=1S/C31H31N2/c1-22-10-14-25(15-11-22)28-20-27(24-8-6-5-7-9-24)21-29(26-16-12-23(2)13-17-26)30(28)31-32(3)18-19-33(31)4/h5-17,20-21H,18-19H2,1-4H3/q+1. The summed E-state index contributed by atoms with van der Waals surface area (Å²) in [5.74, 6) is 1.29. The van der Waals surface area contributed by atoms with Gasteiger partial charge in [-0.05, 0) is 59.4 Å². The van der Waals surface area contributed by atoms with Gasteiger partial charge >= 0.3 is 0 Å². The predicted octanol–water partition coefficient (Wildman–Crippen LogP) is 6.64. The quantitative estimate of drug-likeness (QED) is 0.328. The van der Waals surface area contributed by atoms with Gasteiger partial charge in [-0.1, -0.05) is 90.0 Å². The van der Waals surface area contributed by atoms with Gasteiger partial charge in [-0.2, -0.15) is 0 Å². The first kappa shape index (κ1) is 21.2.